The third kappa shape index (κ3) is 2.20. The van der Waals surface area contributed by atoms with Gasteiger partial charge in [-0.25, -0.2) is 0 Å². The lowest BCUT2D eigenvalue weighted by Crippen LogP contribution is -2.28. The van der Waals surface area contributed by atoms with Gasteiger partial charge in [-0.2, -0.15) is 0 Å². The second-order valence-electron chi connectivity index (χ2n) is 4.71. The maximum atomic E-state index is 12.6. The summed E-state index contributed by atoms with van der Waals surface area (Å²) in [6.07, 6.45) is 1.88. The van der Waals surface area contributed by atoms with Crippen molar-refractivity contribution in [2.24, 2.45) is 5.41 Å². The van der Waals surface area contributed by atoms with Gasteiger partial charge in [-0.05, 0) is 38.1 Å². The smallest absolute Gasteiger partial charge is 0.174 e. The monoisotopic (exact) mass is 249 g/mol. The lowest BCUT2D eigenvalue weighted by atomic mass is 9.94. The highest BCUT2D eigenvalue weighted by Crippen LogP contribution is 2.49. The minimum atomic E-state index is -0.242. The number of carbonyl (C=O) groups excluding carboxylic acids is 1. The number of Topliss-reactive ketones (excluding diaryl/α,β-unsaturated/α-hetero) is 1. The summed E-state index contributed by atoms with van der Waals surface area (Å²) in [7, 11) is 5.04. The number of nitrogens with one attached hydrogen (secondary N) is 1. The first kappa shape index (κ1) is 12.9. The second-order valence-corrected chi connectivity index (χ2v) is 4.71. The van der Waals surface area contributed by atoms with Gasteiger partial charge in [-0.3, -0.25) is 4.79 Å². The molecular weight excluding hydrogens is 230 g/mol. The van der Waals surface area contributed by atoms with Crippen LogP contribution in [0.3, 0.4) is 0 Å². The first-order valence-corrected chi connectivity index (χ1v) is 6.08. The van der Waals surface area contributed by atoms with Gasteiger partial charge >= 0.3 is 0 Å². The average Bonchev–Trinajstić information content (AvgIpc) is 3.18. The summed E-state index contributed by atoms with van der Waals surface area (Å²) >= 11 is 0. The molecule has 2 rings (SSSR count). The Morgan fingerprint density at radius 1 is 1.33 bits per heavy atom. The molecule has 98 valence electrons. The summed E-state index contributed by atoms with van der Waals surface area (Å²) < 4.78 is 10.4. The molecule has 1 aliphatic rings. The standard InChI is InChI=1S/C14H19NO3/c1-15-9-14(6-7-14)13(16)11-8-10(17-2)4-5-12(11)18-3/h4-5,8,15H,6-7,9H2,1-3H3. The van der Waals surface area contributed by atoms with Crippen LogP contribution in [0.4, 0.5) is 0 Å². The fraction of sp³-hybridized carbons (Fsp3) is 0.500. The third-order valence-corrected chi connectivity index (χ3v) is 3.50. The molecule has 0 heterocycles. The highest BCUT2D eigenvalue weighted by molar-refractivity contribution is 6.04. The molecule has 0 unspecified atom stereocenters. The van der Waals surface area contributed by atoms with E-state index in [9.17, 15) is 4.79 Å². The lowest BCUT2D eigenvalue weighted by molar-refractivity contribution is 0.0897. The summed E-state index contributed by atoms with van der Waals surface area (Å²) in [4.78, 5) is 12.6. The highest BCUT2D eigenvalue weighted by atomic mass is 16.5. The van der Waals surface area contributed by atoms with Crippen LogP contribution in [0.15, 0.2) is 18.2 Å². The summed E-state index contributed by atoms with van der Waals surface area (Å²) in [5.41, 5.74) is 0.374. The van der Waals surface area contributed by atoms with Gasteiger partial charge < -0.3 is 14.8 Å². The maximum Gasteiger partial charge on any atom is 0.174 e. The van der Waals surface area contributed by atoms with Crippen LogP contribution in [0.1, 0.15) is 23.2 Å². The van der Waals surface area contributed by atoms with E-state index in [1.165, 1.54) is 0 Å². The number of carbonyl (C=O) groups is 1. The predicted molar refractivity (Wildman–Crippen MR) is 69.5 cm³/mol. The van der Waals surface area contributed by atoms with E-state index in [2.05, 4.69) is 5.32 Å². The number of rotatable bonds is 6. The average molecular weight is 249 g/mol. The summed E-state index contributed by atoms with van der Waals surface area (Å²) in [6, 6.07) is 5.34. The van der Waals surface area contributed by atoms with E-state index >= 15 is 0 Å². The number of benzene rings is 1. The molecule has 0 aliphatic heterocycles. The lowest BCUT2D eigenvalue weighted by Gasteiger charge is -2.16. The van der Waals surface area contributed by atoms with Crippen LogP contribution in [0, 0.1) is 5.41 Å². The van der Waals surface area contributed by atoms with Gasteiger partial charge in [0.2, 0.25) is 0 Å². The van der Waals surface area contributed by atoms with Crippen molar-refractivity contribution in [2.75, 3.05) is 27.8 Å². The quantitative estimate of drug-likeness (QED) is 0.782. The van der Waals surface area contributed by atoms with Gasteiger partial charge in [-0.15, -0.1) is 0 Å². The zero-order valence-corrected chi connectivity index (χ0v) is 11.1. The van der Waals surface area contributed by atoms with Crippen molar-refractivity contribution in [2.45, 2.75) is 12.8 Å². The number of ketones is 1. The Balaban J connectivity index is 2.34. The van der Waals surface area contributed by atoms with Crippen molar-refractivity contribution in [3.63, 3.8) is 0 Å². The predicted octanol–water partition coefficient (Wildman–Crippen LogP) is 1.89. The molecule has 1 saturated carbocycles. The van der Waals surface area contributed by atoms with Gasteiger partial charge in [0.1, 0.15) is 11.5 Å². The molecule has 0 aromatic heterocycles. The van der Waals surface area contributed by atoms with Crippen molar-refractivity contribution < 1.29 is 14.3 Å². The van der Waals surface area contributed by atoms with Crippen LogP contribution < -0.4 is 14.8 Å². The molecule has 0 bridgehead atoms. The summed E-state index contributed by atoms with van der Waals surface area (Å²) in [5, 5.41) is 3.09. The van der Waals surface area contributed by atoms with Gasteiger partial charge in [0.25, 0.3) is 0 Å². The summed E-state index contributed by atoms with van der Waals surface area (Å²) in [5.74, 6) is 1.44. The van der Waals surface area contributed by atoms with E-state index in [4.69, 9.17) is 9.47 Å². The number of methoxy groups -OCH3 is 2. The number of hydrogen-bond donors (Lipinski definition) is 1. The molecule has 1 fully saturated rings. The van der Waals surface area contributed by atoms with E-state index in [0.29, 0.717) is 23.6 Å². The Morgan fingerprint density at radius 2 is 2.06 bits per heavy atom. The van der Waals surface area contributed by atoms with Gasteiger partial charge in [-0.1, -0.05) is 0 Å². The van der Waals surface area contributed by atoms with Crippen LogP contribution in [-0.4, -0.2) is 33.6 Å². The Hall–Kier alpha value is -1.55. The van der Waals surface area contributed by atoms with Crippen molar-refractivity contribution in [1.29, 1.82) is 0 Å². The molecule has 0 saturated heterocycles. The molecule has 0 radical (unpaired) electrons. The highest BCUT2D eigenvalue weighted by Gasteiger charge is 2.49. The van der Waals surface area contributed by atoms with Crippen molar-refractivity contribution >= 4 is 5.78 Å². The van der Waals surface area contributed by atoms with E-state index in [-0.39, 0.29) is 11.2 Å². The molecule has 1 N–H and O–H groups in total. The van der Waals surface area contributed by atoms with Gasteiger partial charge in [0.15, 0.2) is 5.78 Å². The van der Waals surface area contributed by atoms with Gasteiger partial charge in [0, 0.05) is 12.0 Å². The normalized spacial score (nSPS) is 16.2. The second kappa shape index (κ2) is 4.98. The Kier molecular flexibility index (Phi) is 3.57. The Labute approximate surface area is 107 Å². The number of hydrogen-bond acceptors (Lipinski definition) is 4. The van der Waals surface area contributed by atoms with Crippen LogP contribution >= 0.6 is 0 Å². The first-order valence-electron chi connectivity index (χ1n) is 6.08. The third-order valence-electron chi connectivity index (χ3n) is 3.50. The largest absolute Gasteiger partial charge is 0.497 e. The molecule has 0 amide bonds. The molecule has 1 aromatic carbocycles. The molecule has 0 spiro atoms. The molecular formula is C14H19NO3. The van der Waals surface area contributed by atoms with E-state index in [0.717, 1.165) is 12.8 Å². The van der Waals surface area contributed by atoms with Crippen molar-refractivity contribution in [3.05, 3.63) is 23.8 Å². The fourth-order valence-corrected chi connectivity index (χ4v) is 2.25. The van der Waals surface area contributed by atoms with Crippen LogP contribution in [0.25, 0.3) is 0 Å². The van der Waals surface area contributed by atoms with Gasteiger partial charge in [0.05, 0.1) is 19.8 Å². The topological polar surface area (TPSA) is 47.6 Å². The minimum Gasteiger partial charge on any atom is -0.497 e. The SMILES string of the molecule is CNCC1(C(=O)c2cc(OC)ccc2OC)CC1. The van der Waals surface area contributed by atoms with E-state index in [1.54, 1.807) is 32.4 Å². The minimum absolute atomic E-state index is 0.146. The van der Waals surface area contributed by atoms with Crippen LogP contribution in [-0.2, 0) is 0 Å². The first-order chi connectivity index (χ1) is 8.66. The Morgan fingerprint density at radius 3 is 2.56 bits per heavy atom. The van der Waals surface area contributed by atoms with E-state index in [1.807, 2.05) is 7.05 Å². The molecule has 18 heavy (non-hydrogen) atoms. The zero-order valence-electron chi connectivity index (χ0n) is 11.1. The molecule has 4 nitrogen and oxygen atoms in total. The maximum absolute atomic E-state index is 12.6. The molecule has 1 aliphatic carbocycles. The number of ether oxygens (including phenoxy) is 2. The summed E-state index contributed by atoms with van der Waals surface area (Å²) in [6.45, 7) is 0.714. The molecule has 0 atom stereocenters. The van der Waals surface area contributed by atoms with Crippen molar-refractivity contribution in [1.82, 2.24) is 5.32 Å². The zero-order chi connectivity index (χ0) is 13.2. The van der Waals surface area contributed by atoms with Crippen LogP contribution in [0.5, 0.6) is 11.5 Å². The molecule has 1 aromatic rings. The van der Waals surface area contributed by atoms with E-state index < -0.39 is 0 Å². The van der Waals surface area contributed by atoms with Crippen molar-refractivity contribution in [3.8, 4) is 11.5 Å². The van der Waals surface area contributed by atoms with Crippen LogP contribution in [0.2, 0.25) is 0 Å². The Bertz CT molecular complexity index is 452. The molecule has 4 heteroatoms. The fourth-order valence-electron chi connectivity index (χ4n) is 2.25.